The van der Waals surface area contributed by atoms with Crippen LogP contribution in [0.5, 0.6) is 0 Å². The van der Waals surface area contributed by atoms with E-state index in [0.717, 1.165) is 12.0 Å². The van der Waals surface area contributed by atoms with Crippen LogP contribution < -0.4 is 0 Å². The van der Waals surface area contributed by atoms with Gasteiger partial charge in [-0.05, 0) is 43.9 Å². The molecule has 0 spiro atoms. The van der Waals surface area contributed by atoms with Crippen LogP contribution in [0.25, 0.3) is 0 Å². The summed E-state index contributed by atoms with van der Waals surface area (Å²) in [6.45, 7) is 14.8. The summed E-state index contributed by atoms with van der Waals surface area (Å²) in [5.41, 5.74) is 1.60. The third-order valence-electron chi connectivity index (χ3n) is 4.82. The van der Waals surface area contributed by atoms with Crippen LogP contribution in [0.4, 0.5) is 0 Å². The molecular weight excluding hydrogens is 196 g/mol. The Labute approximate surface area is 99.6 Å². The molecule has 0 aromatic rings. The number of allylic oxidation sites excluding steroid dienone is 2. The first-order valence-electron chi connectivity index (χ1n) is 6.38. The average molecular weight is 220 g/mol. The molecule has 2 saturated heterocycles. The molecule has 90 valence electrons. The fourth-order valence-electron chi connectivity index (χ4n) is 3.76. The lowest BCUT2D eigenvalue weighted by Crippen LogP contribution is -2.40. The Kier molecular flexibility index (Phi) is 2.78. The largest absolute Gasteiger partial charge is 0.371 e. The van der Waals surface area contributed by atoms with Crippen LogP contribution in [-0.4, -0.2) is 11.7 Å². The summed E-state index contributed by atoms with van der Waals surface area (Å²) in [6, 6.07) is 0. The minimum absolute atomic E-state index is 0.121. The molecule has 0 N–H and O–H groups in total. The molecule has 1 heteroatoms. The Bertz CT molecular complexity index is 311. The summed E-state index contributed by atoms with van der Waals surface area (Å²) >= 11 is 0. The van der Waals surface area contributed by atoms with Gasteiger partial charge in [0.1, 0.15) is 0 Å². The molecule has 3 atom stereocenters. The van der Waals surface area contributed by atoms with Gasteiger partial charge < -0.3 is 4.74 Å². The molecule has 2 aliphatic heterocycles. The molecule has 1 nitrogen and oxygen atoms in total. The van der Waals surface area contributed by atoms with Crippen molar-refractivity contribution in [1.29, 1.82) is 0 Å². The molecule has 0 unspecified atom stereocenters. The van der Waals surface area contributed by atoms with Gasteiger partial charge in [0.05, 0.1) is 11.7 Å². The molecule has 0 radical (unpaired) electrons. The lowest BCUT2D eigenvalue weighted by molar-refractivity contribution is 0.00473. The van der Waals surface area contributed by atoms with E-state index >= 15 is 0 Å². The van der Waals surface area contributed by atoms with Gasteiger partial charge in [-0.25, -0.2) is 0 Å². The molecule has 2 heterocycles. The molecule has 0 aliphatic carbocycles. The van der Waals surface area contributed by atoms with E-state index in [1.54, 1.807) is 0 Å². The van der Waals surface area contributed by atoms with E-state index in [4.69, 9.17) is 4.74 Å². The standard InChI is InChI=1S/C15H24O/c1-6-11(2)7-8-12-14(3,4)13-9-10-15(12,5)16-13/h6,12-13H,1-2,7-10H2,3-5H3/t12-,13-,15+/m1/s1. The maximum Gasteiger partial charge on any atom is 0.0693 e. The van der Waals surface area contributed by atoms with Crippen LogP contribution in [0, 0.1) is 11.3 Å². The molecule has 2 fully saturated rings. The van der Waals surface area contributed by atoms with E-state index in [9.17, 15) is 0 Å². The van der Waals surface area contributed by atoms with Crippen LogP contribution in [0.3, 0.4) is 0 Å². The first kappa shape index (κ1) is 11.9. The highest BCUT2D eigenvalue weighted by Gasteiger charge is 2.60. The second-order valence-electron chi connectivity index (χ2n) is 6.23. The van der Waals surface area contributed by atoms with Gasteiger partial charge in [0.15, 0.2) is 0 Å². The molecule has 0 aromatic carbocycles. The highest BCUT2D eigenvalue weighted by Crippen LogP contribution is 2.59. The van der Waals surface area contributed by atoms with Gasteiger partial charge in [0, 0.05) is 0 Å². The van der Waals surface area contributed by atoms with Crippen molar-refractivity contribution in [3.8, 4) is 0 Å². The van der Waals surface area contributed by atoms with Crippen molar-refractivity contribution in [2.75, 3.05) is 0 Å². The summed E-state index contributed by atoms with van der Waals surface area (Å²) in [7, 11) is 0. The number of ether oxygens (including phenoxy) is 1. The third-order valence-corrected chi connectivity index (χ3v) is 4.82. The van der Waals surface area contributed by atoms with Gasteiger partial charge in [-0.2, -0.15) is 0 Å². The second-order valence-corrected chi connectivity index (χ2v) is 6.23. The van der Waals surface area contributed by atoms with E-state index in [2.05, 4.69) is 33.9 Å². The Morgan fingerprint density at radius 2 is 2.12 bits per heavy atom. The minimum Gasteiger partial charge on any atom is -0.371 e. The first-order valence-corrected chi connectivity index (χ1v) is 6.38. The van der Waals surface area contributed by atoms with E-state index in [1.165, 1.54) is 19.3 Å². The molecule has 0 amide bonds. The van der Waals surface area contributed by atoms with Crippen LogP contribution in [0.15, 0.2) is 24.8 Å². The summed E-state index contributed by atoms with van der Waals surface area (Å²) in [5.74, 6) is 0.662. The summed E-state index contributed by atoms with van der Waals surface area (Å²) in [6.07, 6.45) is 7.06. The molecule has 2 aliphatic rings. The summed E-state index contributed by atoms with van der Waals surface area (Å²) in [5, 5.41) is 0. The second kappa shape index (κ2) is 3.73. The van der Waals surface area contributed by atoms with Crippen LogP contribution >= 0.6 is 0 Å². The van der Waals surface area contributed by atoms with E-state index < -0.39 is 0 Å². The Morgan fingerprint density at radius 3 is 2.62 bits per heavy atom. The molecular formula is C15H24O. The number of hydrogen-bond acceptors (Lipinski definition) is 1. The third kappa shape index (κ3) is 1.66. The van der Waals surface area contributed by atoms with Crippen LogP contribution in [-0.2, 0) is 4.74 Å². The number of rotatable bonds is 4. The van der Waals surface area contributed by atoms with Gasteiger partial charge in [-0.15, -0.1) is 0 Å². The predicted octanol–water partition coefficient (Wildman–Crippen LogP) is 4.10. The molecule has 16 heavy (non-hydrogen) atoms. The van der Waals surface area contributed by atoms with Crippen LogP contribution in [0.1, 0.15) is 46.5 Å². The summed E-state index contributed by atoms with van der Waals surface area (Å²) < 4.78 is 6.20. The van der Waals surface area contributed by atoms with Crippen molar-refractivity contribution in [1.82, 2.24) is 0 Å². The Hall–Kier alpha value is -0.560. The highest BCUT2D eigenvalue weighted by molar-refractivity contribution is 5.14. The monoisotopic (exact) mass is 220 g/mol. The smallest absolute Gasteiger partial charge is 0.0693 e. The van der Waals surface area contributed by atoms with Crippen molar-refractivity contribution in [2.45, 2.75) is 58.2 Å². The Balaban J connectivity index is 2.08. The van der Waals surface area contributed by atoms with Crippen LogP contribution in [0.2, 0.25) is 0 Å². The summed E-state index contributed by atoms with van der Waals surface area (Å²) in [4.78, 5) is 0. The maximum absolute atomic E-state index is 6.20. The lowest BCUT2D eigenvalue weighted by Gasteiger charge is -2.39. The van der Waals surface area contributed by atoms with Gasteiger partial charge in [0.25, 0.3) is 0 Å². The van der Waals surface area contributed by atoms with Crippen molar-refractivity contribution in [3.05, 3.63) is 24.8 Å². The highest BCUT2D eigenvalue weighted by atomic mass is 16.5. The van der Waals surface area contributed by atoms with Gasteiger partial charge in [-0.3, -0.25) is 0 Å². The zero-order valence-corrected chi connectivity index (χ0v) is 10.9. The lowest BCUT2D eigenvalue weighted by atomic mass is 9.62. The molecule has 0 saturated carbocycles. The molecule has 0 aromatic heterocycles. The van der Waals surface area contributed by atoms with Crippen molar-refractivity contribution in [3.63, 3.8) is 0 Å². The van der Waals surface area contributed by atoms with E-state index in [1.807, 2.05) is 6.08 Å². The SMILES string of the molecule is C=CC(=C)CC[C@@H]1C(C)(C)[C@H]2CC[C@]1(C)O2. The predicted molar refractivity (Wildman–Crippen MR) is 68.4 cm³/mol. The molecule has 2 bridgehead atoms. The minimum atomic E-state index is 0.121. The maximum atomic E-state index is 6.20. The van der Waals surface area contributed by atoms with Crippen molar-refractivity contribution >= 4 is 0 Å². The first-order chi connectivity index (χ1) is 7.40. The van der Waals surface area contributed by atoms with E-state index in [-0.39, 0.29) is 5.60 Å². The topological polar surface area (TPSA) is 9.23 Å². The van der Waals surface area contributed by atoms with Gasteiger partial charge in [0.2, 0.25) is 0 Å². The number of hydrogen-bond donors (Lipinski definition) is 0. The average Bonchev–Trinajstić information content (AvgIpc) is 2.68. The molecule has 2 rings (SSSR count). The quantitative estimate of drug-likeness (QED) is 0.648. The zero-order chi connectivity index (χ0) is 12.0. The zero-order valence-electron chi connectivity index (χ0n) is 10.9. The fraction of sp³-hybridized carbons (Fsp3) is 0.733. The normalized spacial score (nSPS) is 39.9. The van der Waals surface area contributed by atoms with Gasteiger partial charge in [-0.1, -0.05) is 38.7 Å². The van der Waals surface area contributed by atoms with Gasteiger partial charge >= 0.3 is 0 Å². The van der Waals surface area contributed by atoms with Crippen molar-refractivity contribution < 1.29 is 4.74 Å². The Morgan fingerprint density at radius 1 is 1.44 bits per heavy atom. The van der Waals surface area contributed by atoms with E-state index in [0.29, 0.717) is 17.4 Å². The van der Waals surface area contributed by atoms with Crippen molar-refractivity contribution in [2.24, 2.45) is 11.3 Å². The number of fused-ring (bicyclic) bond motifs is 2. The fourth-order valence-corrected chi connectivity index (χ4v) is 3.76.